The number of hydrogen-bond acceptors (Lipinski definition) is 2. The molecule has 4 heteroatoms. The summed E-state index contributed by atoms with van der Waals surface area (Å²) >= 11 is 1.72. The minimum Gasteiger partial charge on any atom is -0.335 e. The fourth-order valence-corrected chi connectivity index (χ4v) is 2.04. The van der Waals surface area contributed by atoms with E-state index in [4.69, 9.17) is 0 Å². The van der Waals surface area contributed by atoms with Gasteiger partial charge in [0, 0.05) is 10.9 Å². The van der Waals surface area contributed by atoms with Gasteiger partial charge in [0.25, 0.3) is 0 Å². The summed E-state index contributed by atoms with van der Waals surface area (Å²) < 4.78 is 0. The molecule has 3 nitrogen and oxygen atoms in total. The number of hydrogen-bond donors (Lipinski definition) is 2. The van der Waals surface area contributed by atoms with E-state index in [1.165, 1.54) is 4.90 Å². The molecule has 1 saturated carbocycles. The third-order valence-electron chi connectivity index (χ3n) is 2.88. The van der Waals surface area contributed by atoms with E-state index in [1.54, 1.807) is 11.8 Å². The summed E-state index contributed by atoms with van der Waals surface area (Å²) in [5.41, 5.74) is 1.13. The van der Waals surface area contributed by atoms with Gasteiger partial charge in [-0.3, -0.25) is 0 Å². The van der Waals surface area contributed by atoms with Crippen molar-refractivity contribution in [3.8, 4) is 0 Å². The van der Waals surface area contributed by atoms with Gasteiger partial charge in [-0.05, 0) is 43.7 Å². The molecule has 1 aromatic rings. The third-order valence-corrected chi connectivity index (χ3v) is 3.62. The van der Waals surface area contributed by atoms with Gasteiger partial charge in [0.05, 0.1) is 6.04 Å². The number of benzene rings is 1. The van der Waals surface area contributed by atoms with Crippen LogP contribution in [0, 0.1) is 0 Å². The van der Waals surface area contributed by atoms with E-state index in [0.29, 0.717) is 6.04 Å². The molecule has 0 unspecified atom stereocenters. The van der Waals surface area contributed by atoms with Crippen LogP contribution < -0.4 is 10.6 Å². The summed E-state index contributed by atoms with van der Waals surface area (Å²) in [5.74, 6) is 0. The molecule has 2 N–H and O–H groups in total. The van der Waals surface area contributed by atoms with E-state index in [9.17, 15) is 4.79 Å². The van der Waals surface area contributed by atoms with Gasteiger partial charge in [0.15, 0.2) is 0 Å². The highest BCUT2D eigenvalue weighted by molar-refractivity contribution is 7.98. The largest absolute Gasteiger partial charge is 0.335 e. The Morgan fingerprint density at radius 1 is 1.35 bits per heavy atom. The molecule has 1 aliphatic rings. The maximum atomic E-state index is 11.6. The van der Waals surface area contributed by atoms with Crippen molar-refractivity contribution in [1.82, 2.24) is 10.6 Å². The molecule has 0 aromatic heterocycles. The monoisotopic (exact) mass is 250 g/mol. The van der Waals surface area contributed by atoms with Crippen LogP contribution in [0.1, 0.15) is 31.4 Å². The highest BCUT2D eigenvalue weighted by Crippen LogP contribution is 2.20. The van der Waals surface area contributed by atoms with Crippen molar-refractivity contribution in [2.24, 2.45) is 0 Å². The van der Waals surface area contributed by atoms with E-state index in [0.717, 1.165) is 18.4 Å². The molecular formula is C13H18N2OS. The van der Waals surface area contributed by atoms with Gasteiger partial charge >= 0.3 is 6.03 Å². The first-order valence-electron chi connectivity index (χ1n) is 5.90. The predicted octanol–water partition coefficient (Wildman–Crippen LogP) is 2.93. The summed E-state index contributed by atoms with van der Waals surface area (Å²) in [4.78, 5) is 12.8. The average Bonchev–Trinajstić information content (AvgIpc) is 3.12. The van der Waals surface area contributed by atoms with Gasteiger partial charge in [-0.2, -0.15) is 0 Å². The van der Waals surface area contributed by atoms with Crippen molar-refractivity contribution >= 4 is 17.8 Å². The lowest BCUT2D eigenvalue weighted by atomic mass is 10.1. The lowest BCUT2D eigenvalue weighted by molar-refractivity contribution is 0.237. The molecular weight excluding hydrogens is 232 g/mol. The molecule has 17 heavy (non-hydrogen) atoms. The van der Waals surface area contributed by atoms with E-state index < -0.39 is 0 Å². The molecule has 0 spiro atoms. The second-order valence-corrected chi connectivity index (χ2v) is 5.27. The molecule has 0 saturated heterocycles. The maximum absolute atomic E-state index is 11.6. The molecule has 1 aromatic carbocycles. The minimum atomic E-state index is -0.0612. The molecule has 2 rings (SSSR count). The number of thioether (sulfide) groups is 1. The highest BCUT2D eigenvalue weighted by Gasteiger charge is 2.23. The summed E-state index contributed by atoms with van der Waals surface area (Å²) in [7, 11) is 0. The van der Waals surface area contributed by atoms with Gasteiger partial charge < -0.3 is 10.6 Å². The van der Waals surface area contributed by atoms with E-state index >= 15 is 0 Å². The number of urea groups is 1. The number of carbonyl (C=O) groups excluding carboxylic acids is 1. The Labute approximate surface area is 106 Å². The number of amides is 2. The quantitative estimate of drug-likeness (QED) is 0.807. The lowest BCUT2D eigenvalue weighted by Crippen LogP contribution is -2.38. The smallest absolute Gasteiger partial charge is 0.315 e. The van der Waals surface area contributed by atoms with Crippen LogP contribution in [0.15, 0.2) is 29.2 Å². The standard InChI is InChI=1S/C13H18N2OS/c1-9(14-13(16)15-11-5-6-11)10-3-7-12(17-2)8-4-10/h3-4,7-9,11H,5-6H2,1-2H3,(H2,14,15,16)/t9-/m1/s1. The Hall–Kier alpha value is -1.16. The molecule has 1 atom stereocenters. The second-order valence-electron chi connectivity index (χ2n) is 4.39. The lowest BCUT2D eigenvalue weighted by Gasteiger charge is -2.15. The summed E-state index contributed by atoms with van der Waals surface area (Å²) in [6, 6.07) is 8.68. The molecule has 0 radical (unpaired) electrons. The second kappa shape index (κ2) is 5.45. The van der Waals surface area contributed by atoms with Crippen molar-refractivity contribution in [3.63, 3.8) is 0 Å². The highest BCUT2D eigenvalue weighted by atomic mass is 32.2. The van der Waals surface area contributed by atoms with Crippen LogP contribution >= 0.6 is 11.8 Å². The molecule has 0 heterocycles. The number of nitrogens with one attached hydrogen (secondary N) is 2. The molecule has 1 fully saturated rings. The maximum Gasteiger partial charge on any atom is 0.315 e. The van der Waals surface area contributed by atoms with Gasteiger partial charge in [0.1, 0.15) is 0 Å². The van der Waals surface area contributed by atoms with Crippen LogP contribution in [0.3, 0.4) is 0 Å². The summed E-state index contributed by atoms with van der Waals surface area (Å²) in [6.45, 7) is 2.00. The zero-order valence-corrected chi connectivity index (χ0v) is 11.0. The van der Waals surface area contributed by atoms with E-state index in [1.807, 2.05) is 6.92 Å². The number of carbonyl (C=O) groups is 1. The summed E-state index contributed by atoms with van der Waals surface area (Å²) in [6.07, 6.45) is 4.29. The Morgan fingerprint density at radius 3 is 2.53 bits per heavy atom. The summed E-state index contributed by atoms with van der Waals surface area (Å²) in [5, 5.41) is 5.87. The van der Waals surface area contributed by atoms with Crippen LogP contribution in [0.5, 0.6) is 0 Å². The van der Waals surface area contributed by atoms with E-state index in [-0.39, 0.29) is 12.1 Å². The first kappa shape index (κ1) is 12.3. The van der Waals surface area contributed by atoms with Crippen LogP contribution in [0.2, 0.25) is 0 Å². The van der Waals surface area contributed by atoms with Gasteiger partial charge in [-0.25, -0.2) is 4.79 Å². The molecule has 1 aliphatic carbocycles. The van der Waals surface area contributed by atoms with Crippen molar-refractivity contribution in [1.29, 1.82) is 0 Å². The topological polar surface area (TPSA) is 41.1 Å². The van der Waals surface area contributed by atoms with Crippen molar-refractivity contribution in [2.75, 3.05) is 6.26 Å². The van der Waals surface area contributed by atoms with Gasteiger partial charge in [-0.15, -0.1) is 11.8 Å². The fourth-order valence-electron chi connectivity index (χ4n) is 1.63. The van der Waals surface area contributed by atoms with Crippen molar-refractivity contribution in [2.45, 2.75) is 36.7 Å². The SMILES string of the molecule is CSc1ccc([C@@H](C)NC(=O)NC2CC2)cc1. The van der Waals surface area contributed by atoms with Gasteiger partial charge in [-0.1, -0.05) is 12.1 Å². The fraction of sp³-hybridized carbons (Fsp3) is 0.462. The van der Waals surface area contributed by atoms with Crippen molar-refractivity contribution < 1.29 is 4.79 Å². The number of rotatable bonds is 4. The first-order valence-corrected chi connectivity index (χ1v) is 7.12. The minimum absolute atomic E-state index is 0.0460. The Kier molecular flexibility index (Phi) is 3.94. The first-order chi connectivity index (χ1) is 8.19. The van der Waals surface area contributed by atoms with Crippen LogP contribution in [-0.4, -0.2) is 18.3 Å². The molecule has 92 valence electrons. The molecule has 2 amide bonds. The van der Waals surface area contributed by atoms with Crippen LogP contribution in [-0.2, 0) is 0 Å². The Balaban J connectivity index is 1.88. The van der Waals surface area contributed by atoms with Crippen molar-refractivity contribution in [3.05, 3.63) is 29.8 Å². The third kappa shape index (κ3) is 3.66. The average molecular weight is 250 g/mol. The molecule has 0 bridgehead atoms. The van der Waals surface area contributed by atoms with Crippen LogP contribution in [0.25, 0.3) is 0 Å². The Morgan fingerprint density at radius 2 is 2.00 bits per heavy atom. The van der Waals surface area contributed by atoms with Crippen LogP contribution in [0.4, 0.5) is 4.79 Å². The zero-order chi connectivity index (χ0) is 12.3. The Bertz CT molecular complexity index is 387. The normalized spacial score (nSPS) is 16.4. The van der Waals surface area contributed by atoms with E-state index in [2.05, 4.69) is 41.2 Å². The van der Waals surface area contributed by atoms with Gasteiger partial charge in [0.2, 0.25) is 0 Å². The predicted molar refractivity (Wildman–Crippen MR) is 71.3 cm³/mol. The molecule has 0 aliphatic heterocycles. The zero-order valence-electron chi connectivity index (χ0n) is 10.2.